The Morgan fingerprint density at radius 2 is 1.67 bits per heavy atom. The molecule has 0 aliphatic heterocycles. The van der Waals surface area contributed by atoms with Crippen molar-refractivity contribution in [3.8, 4) is 0 Å². The standard InChI is InChI=1S/C18H27BrN2O4SSi/c1-9(2)27(10(3)4,11(5)6)25-13(22)8-21-17(23)14-12(7)15(19)26-16(14)20-18(21)24/h9-11H,8H2,1-7H3,(H,20,24). The van der Waals surface area contributed by atoms with Gasteiger partial charge in [0.2, 0.25) is 0 Å². The van der Waals surface area contributed by atoms with Gasteiger partial charge in [-0.2, -0.15) is 0 Å². The second-order valence-electron chi connectivity index (χ2n) is 7.82. The van der Waals surface area contributed by atoms with Crippen LogP contribution in [0, 0.1) is 6.92 Å². The maximum Gasteiger partial charge on any atom is 0.329 e. The summed E-state index contributed by atoms with van der Waals surface area (Å²) in [6.45, 7) is 13.9. The van der Waals surface area contributed by atoms with Crippen LogP contribution in [-0.2, 0) is 15.8 Å². The predicted molar refractivity (Wildman–Crippen MR) is 116 cm³/mol. The molecule has 1 N–H and O–H groups in total. The highest BCUT2D eigenvalue weighted by atomic mass is 79.9. The summed E-state index contributed by atoms with van der Waals surface area (Å²) >= 11 is 4.69. The third-order valence-electron chi connectivity index (χ3n) is 5.30. The molecule has 2 heterocycles. The lowest BCUT2D eigenvalue weighted by molar-refractivity contribution is -0.136. The van der Waals surface area contributed by atoms with Gasteiger partial charge in [-0.25, -0.2) is 9.36 Å². The smallest absolute Gasteiger partial charge is 0.329 e. The summed E-state index contributed by atoms with van der Waals surface area (Å²) in [5.74, 6) is -0.517. The summed E-state index contributed by atoms with van der Waals surface area (Å²) in [4.78, 5) is 41.2. The molecule has 0 aliphatic rings. The molecule has 0 saturated heterocycles. The van der Waals surface area contributed by atoms with Gasteiger partial charge in [0, 0.05) is 0 Å². The molecule has 0 saturated carbocycles. The Kier molecular flexibility index (Phi) is 6.58. The zero-order valence-electron chi connectivity index (χ0n) is 16.8. The Labute approximate surface area is 172 Å². The summed E-state index contributed by atoms with van der Waals surface area (Å²) in [6.07, 6.45) is 0. The van der Waals surface area contributed by atoms with Gasteiger partial charge in [-0.1, -0.05) is 41.5 Å². The van der Waals surface area contributed by atoms with Crippen LogP contribution < -0.4 is 11.2 Å². The highest BCUT2D eigenvalue weighted by Crippen LogP contribution is 2.42. The lowest BCUT2D eigenvalue weighted by Crippen LogP contribution is -2.50. The molecule has 150 valence electrons. The Morgan fingerprint density at radius 1 is 1.15 bits per heavy atom. The first-order valence-corrected chi connectivity index (χ1v) is 12.8. The van der Waals surface area contributed by atoms with Crippen molar-refractivity contribution in [3.05, 3.63) is 30.2 Å². The SMILES string of the molecule is Cc1c(Br)sc2[nH]c(=O)n(CC(=O)O[Si](C(C)C)(C(C)C)C(C)C)c(=O)c12. The van der Waals surface area contributed by atoms with Crippen molar-refractivity contribution < 1.29 is 9.22 Å². The number of aryl methyl sites for hydroxylation is 1. The maximum absolute atomic E-state index is 12.8. The molecule has 0 amide bonds. The monoisotopic (exact) mass is 474 g/mol. The van der Waals surface area contributed by atoms with Crippen molar-refractivity contribution in [2.24, 2.45) is 0 Å². The molecular weight excluding hydrogens is 448 g/mol. The lowest BCUT2D eigenvalue weighted by Gasteiger charge is -2.41. The molecule has 2 aromatic rings. The van der Waals surface area contributed by atoms with Crippen LogP contribution in [0.5, 0.6) is 0 Å². The van der Waals surface area contributed by atoms with Gasteiger partial charge in [0.25, 0.3) is 13.9 Å². The highest BCUT2D eigenvalue weighted by Gasteiger charge is 2.48. The average molecular weight is 475 g/mol. The van der Waals surface area contributed by atoms with Crippen LogP contribution in [0.3, 0.4) is 0 Å². The minimum absolute atomic E-state index is 0.231. The number of hydrogen-bond donors (Lipinski definition) is 1. The fourth-order valence-electron chi connectivity index (χ4n) is 4.08. The Hall–Kier alpha value is -1.19. The Morgan fingerprint density at radius 3 is 2.15 bits per heavy atom. The number of nitrogens with zero attached hydrogens (tertiary/aromatic N) is 1. The third kappa shape index (κ3) is 3.86. The molecule has 2 aromatic heterocycles. The number of hydrogen-bond acceptors (Lipinski definition) is 5. The summed E-state index contributed by atoms with van der Waals surface area (Å²) < 4.78 is 7.79. The van der Waals surface area contributed by atoms with Crippen LogP contribution >= 0.6 is 27.3 Å². The largest absolute Gasteiger partial charge is 0.517 e. The van der Waals surface area contributed by atoms with Gasteiger partial charge in [-0.3, -0.25) is 14.6 Å². The van der Waals surface area contributed by atoms with E-state index in [2.05, 4.69) is 62.5 Å². The maximum atomic E-state index is 12.8. The number of carbonyl (C=O) groups excluding carboxylic acids is 1. The second-order valence-corrected chi connectivity index (χ2v) is 15.5. The minimum Gasteiger partial charge on any atom is -0.517 e. The van der Waals surface area contributed by atoms with E-state index >= 15 is 0 Å². The zero-order chi connectivity index (χ0) is 20.7. The number of thiophene rings is 1. The van der Waals surface area contributed by atoms with E-state index in [0.717, 1.165) is 13.9 Å². The van der Waals surface area contributed by atoms with E-state index in [-0.39, 0.29) is 23.2 Å². The van der Waals surface area contributed by atoms with E-state index in [1.165, 1.54) is 11.3 Å². The van der Waals surface area contributed by atoms with Gasteiger partial charge in [0.05, 0.1) is 9.17 Å². The second kappa shape index (κ2) is 8.04. The predicted octanol–water partition coefficient (Wildman–Crippen LogP) is 4.54. The normalized spacial score (nSPS) is 12.6. The molecule has 0 aromatic carbocycles. The number of nitrogens with one attached hydrogen (secondary N) is 1. The molecule has 6 nitrogen and oxygen atoms in total. The van der Waals surface area contributed by atoms with Crippen molar-refractivity contribution in [1.29, 1.82) is 0 Å². The lowest BCUT2D eigenvalue weighted by atomic mass is 10.3. The molecule has 0 atom stereocenters. The Balaban J connectivity index is 2.45. The molecule has 0 radical (unpaired) electrons. The number of halogens is 1. The van der Waals surface area contributed by atoms with Crippen LogP contribution in [0.15, 0.2) is 13.4 Å². The Bertz CT molecular complexity index is 952. The first-order chi connectivity index (χ1) is 12.4. The number of H-pyrrole nitrogens is 1. The number of fused-ring (bicyclic) bond motifs is 1. The first kappa shape index (κ1) is 22.1. The van der Waals surface area contributed by atoms with E-state index in [1.807, 2.05) is 0 Å². The molecule has 0 bridgehead atoms. The van der Waals surface area contributed by atoms with Crippen LogP contribution in [-0.4, -0.2) is 23.8 Å². The van der Waals surface area contributed by atoms with Gasteiger partial charge in [0.15, 0.2) is 0 Å². The summed E-state index contributed by atoms with van der Waals surface area (Å²) in [5, 5.41) is 0.430. The molecule has 0 fully saturated rings. The first-order valence-electron chi connectivity index (χ1n) is 9.06. The fraction of sp³-hybridized carbons (Fsp3) is 0.611. The summed E-state index contributed by atoms with van der Waals surface area (Å²) in [7, 11) is -2.42. The number of carbonyl (C=O) groups is 1. The van der Waals surface area contributed by atoms with Crippen LogP contribution in [0.1, 0.15) is 47.1 Å². The topological polar surface area (TPSA) is 81.2 Å². The van der Waals surface area contributed by atoms with Crippen molar-refractivity contribution >= 4 is 51.8 Å². The molecule has 9 heteroatoms. The van der Waals surface area contributed by atoms with E-state index in [4.69, 9.17) is 4.43 Å². The van der Waals surface area contributed by atoms with Gasteiger partial charge >= 0.3 is 11.7 Å². The molecule has 0 unspecified atom stereocenters. The highest BCUT2D eigenvalue weighted by molar-refractivity contribution is 9.11. The third-order valence-corrected chi connectivity index (χ3v) is 13.4. The van der Waals surface area contributed by atoms with Crippen molar-refractivity contribution in [3.63, 3.8) is 0 Å². The van der Waals surface area contributed by atoms with Crippen LogP contribution in [0.4, 0.5) is 0 Å². The van der Waals surface area contributed by atoms with Crippen molar-refractivity contribution in [2.75, 3.05) is 0 Å². The van der Waals surface area contributed by atoms with Gasteiger partial charge < -0.3 is 4.43 Å². The van der Waals surface area contributed by atoms with E-state index in [0.29, 0.717) is 10.2 Å². The number of aromatic nitrogens is 2. The minimum atomic E-state index is -2.42. The fourth-order valence-corrected chi connectivity index (χ4v) is 10.8. The molecule has 0 aliphatic carbocycles. The van der Waals surface area contributed by atoms with Gasteiger partial charge in [0.1, 0.15) is 11.4 Å². The molecule has 27 heavy (non-hydrogen) atoms. The van der Waals surface area contributed by atoms with Crippen LogP contribution in [0.2, 0.25) is 16.6 Å². The number of aromatic amines is 1. The summed E-state index contributed by atoms with van der Waals surface area (Å²) in [5.41, 5.74) is 0.394. The average Bonchev–Trinajstić information content (AvgIpc) is 2.82. The van der Waals surface area contributed by atoms with Crippen molar-refractivity contribution in [1.82, 2.24) is 9.55 Å². The van der Waals surface area contributed by atoms with Gasteiger partial charge in [-0.15, -0.1) is 11.3 Å². The molecular formula is C18H27BrN2O4SSi. The number of rotatable bonds is 6. The van der Waals surface area contributed by atoms with E-state index in [9.17, 15) is 14.4 Å². The van der Waals surface area contributed by atoms with E-state index in [1.54, 1.807) is 6.92 Å². The molecule has 2 rings (SSSR count). The van der Waals surface area contributed by atoms with Gasteiger partial charge in [-0.05, 0) is 45.0 Å². The van der Waals surface area contributed by atoms with Crippen molar-refractivity contribution in [2.45, 2.75) is 71.6 Å². The zero-order valence-corrected chi connectivity index (χ0v) is 20.2. The quantitative estimate of drug-likeness (QED) is 0.622. The molecule has 0 spiro atoms. The summed E-state index contributed by atoms with van der Waals surface area (Å²) in [6, 6.07) is 0. The van der Waals surface area contributed by atoms with E-state index < -0.39 is 25.5 Å². The van der Waals surface area contributed by atoms with Crippen LogP contribution in [0.25, 0.3) is 10.2 Å².